The molecule has 106 valence electrons. The largest absolute Gasteiger partial charge is 0.481 e. The molecule has 0 saturated heterocycles. The van der Waals surface area contributed by atoms with E-state index in [0.29, 0.717) is 22.8 Å². The van der Waals surface area contributed by atoms with E-state index in [4.69, 9.17) is 5.11 Å². The molecule has 0 atom stereocenters. The van der Waals surface area contributed by atoms with Gasteiger partial charge in [0.1, 0.15) is 5.82 Å². The lowest BCUT2D eigenvalue weighted by Gasteiger charge is -2.07. The third-order valence-corrected chi connectivity index (χ3v) is 3.86. The van der Waals surface area contributed by atoms with Crippen LogP contribution in [0.3, 0.4) is 0 Å². The van der Waals surface area contributed by atoms with Crippen molar-refractivity contribution in [3.8, 4) is 0 Å². The summed E-state index contributed by atoms with van der Waals surface area (Å²) in [6, 6.07) is 3.07. The monoisotopic (exact) mass is 358 g/mol. The Morgan fingerprint density at radius 3 is 2.90 bits per heavy atom. The molecule has 2 aromatic rings. The molecule has 1 N–H and O–H groups in total. The maximum atomic E-state index is 13.6. The molecule has 1 aromatic heterocycles. The Hall–Kier alpha value is -1.34. The average molecular weight is 359 g/mol. The molecule has 7 heteroatoms. The Bertz CT molecular complexity index is 699. The summed E-state index contributed by atoms with van der Waals surface area (Å²) in [7, 11) is 0. The molecule has 0 aliphatic heterocycles. The summed E-state index contributed by atoms with van der Waals surface area (Å²) in [6.07, 6.45) is 0. The Labute approximate surface area is 127 Å². The summed E-state index contributed by atoms with van der Waals surface area (Å²) >= 11 is 4.39. The number of thioether (sulfide) groups is 1. The zero-order valence-corrected chi connectivity index (χ0v) is 13.1. The lowest BCUT2D eigenvalue weighted by Crippen LogP contribution is -2.03. The third-order valence-electron chi connectivity index (χ3n) is 2.65. The van der Waals surface area contributed by atoms with Crippen LogP contribution in [0.5, 0.6) is 0 Å². The average Bonchev–Trinajstić information content (AvgIpc) is 2.65. The van der Waals surface area contributed by atoms with Crippen LogP contribution in [0.1, 0.15) is 5.56 Å². The van der Waals surface area contributed by atoms with Gasteiger partial charge in [0.05, 0.1) is 23.3 Å². The lowest BCUT2D eigenvalue weighted by atomic mass is 10.2. The molecule has 20 heavy (non-hydrogen) atoms. The maximum absolute atomic E-state index is 13.6. The van der Waals surface area contributed by atoms with E-state index in [-0.39, 0.29) is 11.6 Å². The minimum Gasteiger partial charge on any atom is -0.481 e. The normalized spacial score (nSPS) is 10.9. The summed E-state index contributed by atoms with van der Waals surface area (Å²) < 4.78 is 16.1. The van der Waals surface area contributed by atoms with E-state index in [0.717, 1.165) is 21.8 Å². The number of hydrogen-bond donors (Lipinski definition) is 1. The van der Waals surface area contributed by atoms with Crippen molar-refractivity contribution < 1.29 is 14.3 Å². The highest BCUT2D eigenvalue weighted by Crippen LogP contribution is 2.27. The van der Waals surface area contributed by atoms with Crippen molar-refractivity contribution in [2.45, 2.75) is 18.6 Å². The minimum atomic E-state index is -0.923. The molecule has 0 aliphatic rings. The minimum absolute atomic E-state index is 0.0977. The number of carboxylic acids is 1. The van der Waals surface area contributed by atoms with Gasteiger partial charge in [-0.3, -0.25) is 4.79 Å². The molecule has 1 aromatic carbocycles. The van der Waals surface area contributed by atoms with E-state index in [1.165, 1.54) is 6.07 Å². The summed E-state index contributed by atoms with van der Waals surface area (Å²) in [5, 5.41) is 9.30. The predicted octanol–water partition coefficient (Wildman–Crippen LogP) is 3.57. The lowest BCUT2D eigenvalue weighted by molar-refractivity contribution is -0.133. The molecular formula is C13H12BrFN2O2S. The number of carboxylic acid groups (broad SMARTS) is 1. The highest BCUT2D eigenvalue weighted by molar-refractivity contribution is 9.11. The first kappa shape index (κ1) is 15.1. The van der Waals surface area contributed by atoms with E-state index < -0.39 is 5.97 Å². The molecule has 4 nitrogen and oxygen atoms in total. The molecule has 0 unspecified atom stereocenters. The van der Waals surface area contributed by atoms with Crippen LogP contribution in [0.2, 0.25) is 0 Å². The number of benzene rings is 1. The van der Waals surface area contributed by atoms with Crippen LogP contribution in [-0.4, -0.2) is 26.4 Å². The van der Waals surface area contributed by atoms with Crippen molar-refractivity contribution in [3.05, 3.63) is 34.6 Å². The summed E-state index contributed by atoms with van der Waals surface area (Å²) in [6.45, 7) is 5.91. The van der Waals surface area contributed by atoms with Gasteiger partial charge in [0.15, 0.2) is 5.16 Å². The van der Waals surface area contributed by atoms with Crippen molar-refractivity contribution in [3.63, 3.8) is 0 Å². The van der Waals surface area contributed by atoms with E-state index in [2.05, 4.69) is 27.5 Å². The first-order valence-electron chi connectivity index (χ1n) is 5.72. The number of hydrogen-bond acceptors (Lipinski definition) is 3. The van der Waals surface area contributed by atoms with Crippen LogP contribution in [0.4, 0.5) is 4.39 Å². The number of halogens is 2. The summed E-state index contributed by atoms with van der Waals surface area (Å²) in [4.78, 5) is 15.0. The van der Waals surface area contributed by atoms with Crippen LogP contribution in [0.15, 0.2) is 28.4 Å². The van der Waals surface area contributed by atoms with Gasteiger partial charge in [-0.05, 0) is 18.6 Å². The quantitative estimate of drug-likeness (QED) is 0.830. The highest BCUT2D eigenvalue weighted by Gasteiger charge is 2.14. The third kappa shape index (κ3) is 3.21. The zero-order valence-electron chi connectivity index (χ0n) is 10.7. The van der Waals surface area contributed by atoms with E-state index in [9.17, 15) is 9.18 Å². The molecule has 0 saturated carbocycles. The number of carbonyl (C=O) groups is 1. The molecule has 2 rings (SSSR count). The standard InChI is InChI=1S/C13H12BrFN2O2S/c1-7-3-11-10(4-9(7)15)16-13(20-6-12(18)19)17(11)5-8(2)14/h3-4H,2,5-6H2,1H3,(H,18,19). The molecule has 0 radical (unpaired) electrons. The Morgan fingerprint density at radius 1 is 1.60 bits per heavy atom. The topological polar surface area (TPSA) is 55.1 Å². The van der Waals surface area contributed by atoms with Gasteiger partial charge in [0, 0.05) is 10.5 Å². The summed E-state index contributed by atoms with van der Waals surface area (Å²) in [5.41, 5.74) is 1.79. The fourth-order valence-corrected chi connectivity index (χ4v) is 2.77. The van der Waals surface area contributed by atoms with Gasteiger partial charge in [-0.1, -0.05) is 34.3 Å². The SMILES string of the molecule is C=C(Br)Cn1c(SCC(=O)O)nc2cc(F)c(C)cc21. The van der Waals surface area contributed by atoms with Crippen molar-refractivity contribution in [1.29, 1.82) is 0 Å². The van der Waals surface area contributed by atoms with E-state index >= 15 is 0 Å². The smallest absolute Gasteiger partial charge is 0.313 e. The number of imidazole rings is 1. The number of nitrogens with zero attached hydrogens (tertiary/aromatic N) is 2. The Balaban J connectivity index is 2.54. The fraction of sp³-hybridized carbons (Fsp3) is 0.231. The molecular weight excluding hydrogens is 347 g/mol. The van der Waals surface area contributed by atoms with Crippen LogP contribution >= 0.6 is 27.7 Å². The van der Waals surface area contributed by atoms with Crippen LogP contribution < -0.4 is 0 Å². The van der Waals surface area contributed by atoms with E-state index in [1.807, 2.05) is 4.57 Å². The van der Waals surface area contributed by atoms with Crippen molar-refractivity contribution >= 4 is 44.7 Å². The zero-order chi connectivity index (χ0) is 14.9. The maximum Gasteiger partial charge on any atom is 0.313 e. The van der Waals surface area contributed by atoms with Gasteiger partial charge in [-0.2, -0.15) is 0 Å². The second-order valence-corrected chi connectivity index (χ2v) is 6.33. The summed E-state index contributed by atoms with van der Waals surface area (Å²) in [5.74, 6) is -1.34. The van der Waals surface area contributed by atoms with Crippen LogP contribution in [-0.2, 0) is 11.3 Å². The van der Waals surface area contributed by atoms with Gasteiger partial charge in [0.2, 0.25) is 0 Å². The molecule has 1 heterocycles. The Kier molecular flexibility index (Phi) is 4.49. The molecule has 0 bridgehead atoms. The highest BCUT2D eigenvalue weighted by atomic mass is 79.9. The van der Waals surface area contributed by atoms with Gasteiger partial charge in [0.25, 0.3) is 0 Å². The van der Waals surface area contributed by atoms with Crippen molar-refractivity contribution in [2.75, 3.05) is 5.75 Å². The van der Waals surface area contributed by atoms with Crippen molar-refractivity contribution in [2.24, 2.45) is 0 Å². The predicted molar refractivity (Wildman–Crippen MR) is 80.9 cm³/mol. The second kappa shape index (κ2) is 5.97. The van der Waals surface area contributed by atoms with Gasteiger partial charge >= 0.3 is 5.97 Å². The Morgan fingerprint density at radius 2 is 2.30 bits per heavy atom. The fourth-order valence-electron chi connectivity index (χ4n) is 1.79. The van der Waals surface area contributed by atoms with E-state index in [1.54, 1.807) is 13.0 Å². The number of rotatable bonds is 5. The molecule has 0 aliphatic carbocycles. The number of allylic oxidation sites excluding steroid dienone is 1. The van der Waals surface area contributed by atoms with Gasteiger partial charge in [-0.25, -0.2) is 9.37 Å². The molecule has 0 amide bonds. The number of aryl methyl sites for hydroxylation is 1. The molecule has 0 fully saturated rings. The van der Waals surface area contributed by atoms with Gasteiger partial charge < -0.3 is 9.67 Å². The number of fused-ring (bicyclic) bond motifs is 1. The number of aromatic nitrogens is 2. The number of aliphatic carboxylic acids is 1. The first-order valence-corrected chi connectivity index (χ1v) is 7.50. The van der Waals surface area contributed by atoms with Crippen LogP contribution in [0.25, 0.3) is 11.0 Å². The molecule has 0 spiro atoms. The van der Waals surface area contributed by atoms with Gasteiger partial charge in [-0.15, -0.1) is 0 Å². The van der Waals surface area contributed by atoms with Crippen LogP contribution in [0, 0.1) is 12.7 Å². The van der Waals surface area contributed by atoms with Crippen molar-refractivity contribution in [1.82, 2.24) is 9.55 Å². The second-order valence-electron chi connectivity index (χ2n) is 4.27. The first-order chi connectivity index (χ1) is 9.38.